The van der Waals surface area contributed by atoms with Crippen molar-refractivity contribution in [3.05, 3.63) is 54.7 Å². The number of hydrogen-bond acceptors (Lipinski definition) is 4. The first-order valence-electron chi connectivity index (χ1n) is 11.1. The molecule has 7 nitrogen and oxygen atoms in total. The van der Waals surface area contributed by atoms with Gasteiger partial charge in [0.05, 0.1) is 19.2 Å². The highest BCUT2D eigenvalue weighted by atomic mass is 32.1. The normalized spacial score (nSPS) is 17.0. The van der Waals surface area contributed by atoms with E-state index < -0.39 is 6.04 Å². The molecular weight excluding hydrogens is 436 g/mol. The third-order valence-corrected chi connectivity index (χ3v) is 6.48. The number of nitrogens with zero attached hydrogens (tertiary/aromatic N) is 2. The lowest BCUT2D eigenvalue weighted by Gasteiger charge is -2.26. The fourth-order valence-corrected chi connectivity index (χ4v) is 4.45. The molecule has 2 atom stereocenters. The molecule has 1 aliphatic rings. The van der Waals surface area contributed by atoms with E-state index in [0.717, 1.165) is 17.3 Å². The molecule has 1 fully saturated rings. The van der Waals surface area contributed by atoms with Gasteiger partial charge in [0.1, 0.15) is 11.8 Å². The zero-order valence-corrected chi connectivity index (χ0v) is 19.8. The van der Waals surface area contributed by atoms with Gasteiger partial charge in [-0.15, -0.1) is 0 Å². The van der Waals surface area contributed by atoms with Crippen LogP contribution < -0.4 is 15.0 Å². The fourth-order valence-electron chi connectivity index (χ4n) is 4.06. The minimum atomic E-state index is -0.675. The Labute approximate surface area is 198 Å². The zero-order chi connectivity index (χ0) is 23.5. The van der Waals surface area contributed by atoms with E-state index in [1.165, 1.54) is 4.90 Å². The summed E-state index contributed by atoms with van der Waals surface area (Å²) in [5.74, 6) is 0.413. The molecule has 4 rings (SSSR count). The van der Waals surface area contributed by atoms with Crippen LogP contribution in [0.4, 0.5) is 11.4 Å². The topological polar surface area (TPSA) is 77.7 Å². The molecule has 2 heterocycles. The van der Waals surface area contributed by atoms with Crippen LogP contribution in [0.3, 0.4) is 0 Å². The van der Waals surface area contributed by atoms with Gasteiger partial charge in [-0.05, 0) is 53.9 Å². The summed E-state index contributed by atoms with van der Waals surface area (Å²) in [5, 5.41) is 4.39. The van der Waals surface area contributed by atoms with Crippen LogP contribution in [0.25, 0.3) is 10.9 Å². The van der Waals surface area contributed by atoms with Gasteiger partial charge in [0.15, 0.2) is 5.11 Å². The maximum absolute atomic E-state index is 13.5. The molecule has 0 radical (unpaired) electrons. The Morgan fingerprint density at radius 2 is 2.03 bits per heavy atom. The number of ether oxygens (including phenoxy) is 1. The highest BCUT2D eigenvalue weighted by Crippen LogP contribution is 2.34. The predicted octanol–water partition coefficient (Wildman–Crippen LogP) is 4.55. The largest absolute Gasteiger partial charge is 0.495 e. The molecule has 2 amide bonds. The minimum absolute atomic E-state index is 0.00379. The second kappa shape index (κ2) is 9.62. The standard InChI is InChI=1S/C25H28N4O3S/c1-4-16(2)15-28-21(14-23(30)27-18-10-9-17-11-12-26-19(17)13-18)24(31)29(25(28)33)20-7-5-6-8-22(20)32-3/h5-13,16,21,26H,4,14-15H2,1-3H3,(H,27,30). The third-order valence-electron chi connectivity index (χ3n) is 6.07. The number of nitrogens with one attached hydrogen (secondary N) is 2. The molecule has 8 heteroatoms. The molecule has 1 saturated heterocycles. The Hall–Kier alpha value is -3.39. The molecule has 3 aromatic rings. The van der Waals surface area contributed by atoms with Crippen molar-refractivity contribution >= 4 is 51.4 Å². The maximum atomic E-state index is 13.5. The van der Waals surface area contributed by atoms with Crippen molar-refractivity contribution in [1.82, 2.24) is 9.88 Å². The van der Waals surface area contributed by atoms with Crippen molar-refractivity contribution in [2.75, 3.05) is 23.9 Å². The van der Waals surface area contributed by atoms with Crippen molar-refractivity contribution in [2.45, 2.75) is 32.7 Å². The van der Waals surface area contributed by atoms with Gasteiger partial charge in [-0.3, -0.25) is 14.5 Å². The Morgan fingerprint density at radius 1 is 1.24 bits per heavy atom. The molecule has 2 aromatic carbocycles. The van der Waals surface area contributed by atoms with E-state index in [1.54, 1.807) is 19.2 Å². The maximum Gasteiger partial charge on any atom is 0.256 e. The lowest BCUT2D eigenvalue weighted by molar-refractivity contribution is -0.124. The Balaban J connectivity index is 1.58. The molecule has 0 saturated carbocycles. The van der Waals surface area contributed by atoms with E-state index in [9.17, 15) is 9.59 Å². The summed E-state index contributed by atoms with van der Waals surface area (Å²) >= 11 is 5.74. The van der Waals surface area contributed by atoms with E-state index >= 15 is 0 Å². The van der Waals surface area contributed by atoms with Gasteiger partial charge in [-0.1, -0.05) is 38.5 Å². The van der Waals surface area contributed by atoms with Crippen molar-refractivity contribution < 1.29 is 14.3 Å². The molecule has 0 aliphatic carbocycles. The average molecular weight is 465 g/mol. The summed E-state index contributed by atoms with van der Waals surface area (Å²) in [4.78, 5) is 33.0. The second-order valence-electron chi connectivity index (χ2n) is 8.34. The lowest BCUT2D eigenvalue weighted by Crippen LogP contribution is -2.40. The number of anilines is 2. The first kappa shape index (κ1) is 22.8. The summed E-state index contributed by atoms with van der Waals surface area (Å²) in [6.45, 7) is 4.81. The van der Waals surface area contributed by atoms with E-state index in [0.29, 0.717) is 34.7 Å². The number of carbonyl (C=O) groups is 2. The third kappa shape index (κ3) is 4.57. The van der Waals surface area contributed by atoms with Gasteiger partial charge in [0.2, 0.25) is 5.91 Å². The second-order valence-corrected chi connectivity index (χ2v) is 8.71. The first-order chi connectivity index (χ1) is 15.9. The zero-order valence-electron chi connectivity index (χ0n) is 19.0. The van der Waals surface area contributed by atoms with E-state index in [4.69, 9.17) is 17.0 Å². The van der Waals surface area contributed by atoms with Crippen LogP contribution in [0, 0.1) is 5.92 Å². The van der Waals surface area contributed by atoms with Gasteiger partial charge >= 0.3 is 0 Å². The summed E-state index contributed by atoms with van der Waals surface area (Å²) < 4.78 is 5.46. The van der Waals surface area contributed by atoms with Crippen LogP contribution in [0.15, 0.2) is 54.7 Å². The van der Waals surface area contributed by atoms with Crippen molar-refractivity contribution in [3.63, 3.8) is 0 Å². The monoisotopic (exact) mass is 464 g/mol. The predicted molar refractivity (Wildman–Crippen MR) is 135 cm³/mol. The number of amides is 2. The molecule has 1 aliphatic heterocycles. The van der Waals surface area contributed by atoms with Gasteiger partial charge < -0.3 is 19.9 Å². The average Bonchev–Trinajstić information content (AvgIpc) is 3.37. The number of para-hydroxylation sites is 2. The fraction of sp³-hybridized carbons (Fsp3) is 0.320. The number of thiocarbonyl (C=S) groups is 1. The van der Waals surface area contributed by atoms with Crippen LogP contribution in [0.1, 0.15) is 26.7 Å². The van der Waals surface area contributed by atoms with Gasteiger partial charge in [0.25, 0.3) is 5.91 Å². The lowest BCUT2D eigenvalue weighted by atomic mass is 10.1. The van der Waals surface area contributed by atoms with Crippen LogP contribution in [-0.2, 0) is 9.59 Å². The minimum Gasteiger partial charge on any atom is -0.495 e. The number of aromatic amines is 1. The molecule has 0 bridgehead atoms. The molecular formula is C25H28N4O3S. The number of hydrogen-bond donors (Lipinski definition) is 2. The number of benzene rings is 2. The number of carbonyl (C=O) groups excluding carboxylic acids is 2. The molecule has 172 valence electrons. The SMILES string of the molecule is CCC(C)CN1C(=S)N(c2ccccc2OC)C(=O)C1CC(=O)Nc1ccc2cc[nH]c2c1. The number of methoxy groups -OCH3 is 1. The molecule has 2 unspecified atom stereocenters. The van der Waals surface area contributed by atoms with Crippen molar-refractivity contribution in [2.24, 2.45) is 5.92 Å². The van der Waals surface area contributed by atoms with E-state index in [-0.39, 0.29) is 18.2 Å². The van der Waals surface area contributed by atoms with Crippen LogP contribution in [0.5, 0.6) is 5.75 Å². The van der Waals surface area contributed by atoms with Crippen molar-refractivity contribution in [3.8, 4) is 5.75 Å². The molecule has 2 N–H and O–H groups in total. The molecule has 33 heavy (non-hydrogen) atoms. The van der Waals surface area contributed by atoms with E-state index in [1.807, 2.05) is 47.5 Å². The van der Waals surface area contributed by atoms with Gasteiger partial charge in [0, 0.05) is 23.9 Å². The summed E-state index contributed by atoms with van der Waals surface area (Å²) in [5.41, 5.74) is 2.20. The van der Waals surface area contributed by atoms with Gasteiger partial charge in [-0.25, -0.2) is 0 Å². The number of rotatable bonds is 8. The van der Waals surface area contributed by atoms with Crippen LogP contribution in [-0.4, -0.2) is 46.5 Å². The molecule has 1 aromatic heterocycles. The van der Waals surface area contributed by atoms with Crippen molar-refractivity contribution in [1.29, 1.82) is 0 Å². The quantitative estimate of drug-likeness (QED) is 0.478. The number of H-pyrrole nitrogens is 1. The smallest absolute Gasteiger partial charge is 0.256 e. The Morgan fingerprint density at radius 3 is 2.79 bits per heavy atom. The van der Waals surface area contributed by atoms with E-state index in [2.05, 4.69) is 24.1 Å². The molecule has 0 spiro atoms. The van der Waals surface area contributed by atoms with Gasteiger partial charge in [-0.2, -0.15) is 0 Å². The summed E-state index contributed by atoms with van der Waals surface area (Å²) in [6.07, 6.45) is 2.80. The summed E-state index contributed by atoms with van der Waals surface area (Å²) in [6, 6.07) is 14.2. The highest BCUT2D eigenvalue weighted by Gasteiger charge is 2.45. The first-order valence-corrected chi connectivity index (χ1v) is 11.5. The van der Waals surface area contributed by atoms with Crippen LogP contribution in [0.2, 0.25) is 0 Å². The Kier molecular flexibility index (Phi) is 6.65. The Bertz CT molecular complexity index is 1190. The number of aromatic nitrogens is 1. The number of fused-ring (bicyclic) bond motifs is 1. The summed E-state index contributed by atoms with van der Waals surface area (Å²) in [7, 11) is 1.56. The van der Waals surface area contributed by atoms with Crippen LogP contribution >= 0.6 is 12.2 Å². The highest BCUT2D eigenvalue weighted by molar-refractivity contribution is 7.80.